The van der Waals surface area contributed by atoms with Crippen LogP contribution >= 0.6 is 11.6 Å². The Labute approximate surface area is 132 Å². The Morgan fingerprint density at radius 2 is 1.95 bits per heavy atom. The molecular formula is C18H23ClN2. The molecule has 0 saturated heterocycles. The number of benzene rings is 2. The second-order valence-corrected chi connectivity index (χ2v) is 6.21. The van der Waals surface area contributed by atoms with Gasteiger partial charge in [0.2, 0.25) is 0 Å². The van der Waals surface area contributed by atoms with Crippen molar-refractivity contribution in [2.45, 2.75) is 32.9 Å². The number of hydrogen-bond donors (Lipinski definition) is 1. The Hall–Kier alpha value is -1.51. The van der Waals surface area contributed by atoms with Crippen LogP contribution in [0.4, 0.5) is 5.69 Å². The van der Waals surface area contributed by atoms with E-state index in [0.29, 0.717) is 0 Å². The van der Waals surface area contributed by atoms with Crippen LogP contribution in [0.25, 0.3) is 0 Å². The number of rotatable bonds is 5. The molecule has 0 aromatic heterocycles. The Balaban J connectivity index is 2.12. The summed E-state index contributed by atoms with van der Waals surface area (Å²) < 4.78 is 0. The van der Waals surface area contributed by atoms with Crippen molar-refractivity contribution in [3.63, 3.8) is 0 Å². The van der Waals surface area contributed by atoms with Crippen LogP contribution < -0.4 is 10.6 Å². The molecule has 0 spiro atoms. The number of nitrogens with two attached hydrogens (primary N) is 1. The molecule has 0 aliphatic carbocycles. The number of nitrogens with zero attached hydrogens (tertiary/aromatic N) is 1. The zero-order valence-electron chi connectivity index (χ0n) is 12.9. The van der Waals surface area contributed by atoms with Gasteiger partial charge in [0.15, 0.2) is 0 Å². The standard InChI is InChI=1S/C18H23ClN2/c1-13-9-18(8-7-16(13)10-14(2)20)21(3)12-15-5-4-6-17(19)11-15/h4-9,11,14H,10,12,20H2,1-3H3. The Bertz CT molecular complexity index is 608. The highest BCUT2D eigenvalue weighted by atomic mass is 35.5. The first-order valence-corrected chi connectivity index (χ1v) is 7.64. The van der Waals surface area contributed by atoms with Crippen LogP contribution in [0.2, 0.25) is 5.02 Å². The van der Waals surface area contributed by atoms with Crippen molar-refractivity contribution < 1.29 is 0 Å². The van der Waals surface area contributed by atoms with Crippen LogP contribution in [0, 0.1) is 6.92 Å². The Morgan fingerprint density at radius 1 is 1.19 bits per heavy atom. The summed E-state index contributed by atoms with van der Waals surface area (Å²) in [5.41, 5.74) is 10.9. The predicted molar refractivity (Wildman–Crippen MR) is 92.1 cm³/mol. The summed E-state index contributed by atoms with van der Waals surface area (Å²) in [7, 11) is 2.10. The largest absolute Gasteiger partial charge is 0.370 e. The third kappa shape index (κ3) is 4.48. The Kier molecular flexibility index (Phi) is 5.27. The van der Waals surface area contributed by atoms with Gasteiger partial charge in [-0.05, 0) is 61.2 Å². The fourth-order valence-electron chi connectivity index (χ4n) is 2.49. The topological polar surface area (TPSA) is 29.3 Å². The fourth-order valence-corrected chi connectivity index (χ4v) is 2.71. The maximum atomic E-state index is 6.04. The summed E-state index contributed by atoms with van der Waals surface area (Å²) in [4.78, 5) is 2.23. The number of hydrogen-bond acceptors (Lipinski definition) is 2. The van der Waals surface area contributed by atoms with Crippen LogP contribution in [0.15, 0.2) is 42.5 Å². The maximum Gasteiger partial charge on any atom is 0.0426 e. The zero-order chi connectivity index (χ0) is 15.4. The first-order valence-electron chi connectivity index (χ1n) is 7.26. The van der Waals surface area contributed by atoms with Crippen LogP contribution in [0.1, 0.15) is 23.6 Å². The van der Waals surface area contributed by atoms with Gasteiger partial charge in [0.05, 0.1) is 0 Å². The third-order valence-corrected chi connectivity index (χ3v) is 3.85. The van der Waals surface area contributed by atoms with Gasteiger partial charge in [0.25, 0.3) is 0 Å². The molecule has 0 aliphatic rings. The SMILES string of the molecule is Cc1cc(N(C)Cc2cccc(Cl)c2)ccc1CC(C)N. The van der Waals surface area contributed by atoms with Gasteiger partial charge in [0.1, 0.15) is 0 Å². The van der Waals surface area contributed by atoms with E-state index in [4.69, 9.17) is 17.3 Å². The lowest BCUT2D eigenvalue weighted by atomic mass is 10.0. The second-order valence-electron chi connectivity index (χ2n) is 5.78. The summed E-state index contributed by atoms with van der Waals surface area (Å²) in [5.74, 6) is 0. The molecule has 0 heterocycles. The third-order valence-electron chi connectivity index (χ3n) is 3.62. The Morgan fingerprint density at radius 3 is 2.57 bits per heavy atom. The first-order chi connectivity index (χ1) is 9.95. The number of anilines is 1. The summed E-state index contributed by atoms with van der Waals surface area (Å²) in [5, 5.41) is 0.782. The van der Waals surface area contributed by atoms with Gasteiger partial charge >= 0.3 is 0 Å². The molecule has 0 fully saturated rings. The van der Waals surface area contributed by atoms with E-state index in [1.807, 2.05) is 25.1 Å². The number of halogens is 1. The average molecular weight is 303 g/mol. The molecule has 112 valence electrons. The molecule has 2 aromatic rings. The van der Waals surface area contributed by atoms with Crippen LogP contribution in [0.3, 0.4) is 0 Å². The minimum atomic E-state index is 0.193. The maximum absolute atomic E-state index is 6.04. The summed E-state index contributed by atoms with van der Waals surface area (Å²) in [6, 6.07) is 14.8. The minimum Gasteiger partial charge on any atom is -0.370 e. The van der Waals surface area contributed by atoms with Crippen molar-refractivity contribution in [2.24, 2.45) is 5.73 Å². The highest BCUT2D eigenvalue weighted by molar-refractivity contribution is 6.30. The monoisotopic (exact) mass is 302 g/mol. The van der Waals surface area contributed by atoms with Crippen molar-refractivity contribution in [3.05, 3.63) is 64.2 Å². The van der Waals surface area contributed by atoms with Gasteiger partial charge in [-0.2, -0.15) is 0 Å². The molecule has 2 aromatic carbocycles. The van der Waals surface area contributed by atoms with E-state index >= 15 is 0 Å². The minimum absolute atomic E-state index is 0.193. The van der Waals surface area contributed by atoms with Gasteiger partial charge in [-0.25, -0.2) is 0 Å². The molecule has 0 aliphatic heterocycles. The molecule has 21 heavy (non-hydrogen) atoms. The lowest BCUT2D eigenvalue weighted by molar-refractivity contribution is 0.734. The van der Waals surface area contributed by atoms with Crippen LogP contribution in [-0.2, 0) is 13.0 Å². The van der Waals surface area contributed by atoms with Crippen LogP contribution in [-0.4, -0.2) is 13.1 Å². The molecule has 2 N–H and O–H groups in total. The second kappa shape index (κ2) is 6.97. The van der Waals surface area contributed by atoms with Gasteiger partial charge in [0, 0.05) is 30.3 Å². The van der Waals surface area contributed by atoms with Crippen molar-refractivity contribution in [1.82, 2.24) is 0 Å². The van der Waals surface area contributed by atoms with E-state index in [1.165, 1.54) is 22.4 Å². The highest BCUT2D eigenvalue weighted by Crippen LogP contribution is 2.21. The molecule has 2 rings (SSSR count). The van der Waals surface area contributed by atoms with Crippen molar-refractivity contribution in [1.29, 1.82) is 0 Å². The quantitative estimate of drug-likeness (QED) is 0.898. The molecule has 0 amide bonds. The van der Waals surface area contributed by atoms with Gasteiger partial charge in [-0.3, -0.25) is 0 Å². The zero-order valence-corrected chi connectivity index (χ0v) is 13.7. The first kappa shape index (κ1) is 15.9. The van der Waals surface area contributed by atoms with Crippen molar-refractivity contribution in [2.75, 3.05) is 11.9 Å². The highest BCUT2D eigenvalue weighted by Gasteiger charge is 2.07. The molecule has 1 atom stereocenters. The molecule has 1 unspecified atom stereocenters. The lowest BCUT2D eigenvalue weighted by Gasteiger charge is -2.21. The lowest BCUT2D eigenvalue weighted by Crippen LogP contribution is -2.19. The van der Waals surface area contributed by atoms with E-state index < -0.39 is 0 Å². The molecule has 0 bridgehead atoms. The normalized spacial score (nSPS) is 12.2. The predicted octanol–water partition coefficient (Wildman–Crippen LogP) is 4.17. The van der Waals surface area contributed by atoms with E-state index in [2.05, 4.69) is 43.1 Å². The summed E-state index contributed by atoms with van der Waals surface area (Å²) >= 11 is 6.04. The number of aryl methyl sites for hydroxylation is 1. The molecule has 3 heteroatoms. The van der Waals surface area contributed by atoms with Crippen molar-refractivity contribution in [3.8, 4) is 0 Å². The van der Waals surface area contributed by atoms with E-state index in [1.54, 1.807) is 0 Å². The van der Waals surface area contributed by atoms with Crippen LogP contribution in [0.5, 0.6) is 0 Å². The van der Waals surface area contributed by atoms with Gasteiger partial charge in [-0.15, -0.1) is 0 Å². The summed E-state index contributed by atoms with van der Waals surface area (Å²) in [6.45, 7) is 5.03. The molecule has 0 saturated carbocycles. The average Bonchev–Trinajstić information content (AvgIpc) is 2.40. The van der Waals surface area contributed by atoms with E-state index in [-0.39, 0.29) is 6.04 Å². The molecule has 0 radical (unpaired) electrons. The van der Waals surface area contributed by atoms with E-state index in [9.17, 15) is 0 Å². The van der Waals surface area contributed by atoms with Gasteiger partial charge < -0.3 is 10.6 Å². The van der Waals surface area contributed by atoms with Gasteiger partial charge in [-0.1, -0.05) is 29.8 Å². The fraction of sp³-hybridized carbons (Fsp3) is 0.333. The molecule has 2 nitrogen and oxygen atoms in total. The van der Waals surface area contributed by atoms with E-state index in [0.717, 1.165) is 18.0 Å². The smallest absolute Gasteiger partial charge is 0.0426 e. The van der Waals surface area contributed by atoms with Crippen molar-refractivity contribution >= 4 is 17.3 Å². The summed E-state index contributed by atoms with van der Waals surface area (Å²) in [6.07, 6.45) is 0.921. The molecular weight excluding hydrogens is 280 g/mol.